The van der Waals surface area contributed by atoms with Gasteiger partial charge in [0.25, 0.3) is 5.91 Å². The number of morpholine rings is 1. The number of nitrogens with two attached hydrogens (primary N) is 1. The number of anilines is 1. The highest BCUT2D eigenvalue weighted by atomic mass is 16.5. The quantitative estimate of drug-likeness (QED) is 0.823. The number of nitrogens with zero attached hydrogens (tertiary/aromatic N) is 1. The monoisotopic (exact) mass is 264 g/mol. The van der Waals surface area contributed by atoms with Gasteiger partial charge in [-0.05, 0) is 32.0 Å². The number of carbonyl (C=O) groups is 1. The van der Waals surface area contributed by atoms with Gasteiger partial charge in [-0.2, -0.15) is 0 Å². The minimum atomic E-state index is -0.0709. The summed E-state index contributed by atoms with van der Waals surface area (Å²) < 4.78 is 10.8. The van der Waals surface area contributed by atoms with E-state index in [2.05, 4.69) is 0 Å². The Morgan fingerprint density at radius 3 is 2.58 bits per heavy atom. The van der Waals surface area contributed by atoms with Gasteiger partial charge in [-0.1, -0.05) is 0 Å². The van der Waals surface area contributed by atoms with E-state index in [0.29, 0.717) is 30.1 Å². The second-order valence-corrected chi connectivity index (χ2v) is 4.92. The zero-order chi connectivity index (χ0) is 14.0. The van der Waals surface area contributed by atoms with Crippen molar-refractivity contribution in [2.24, 2.45) is 0 Å². The highest BCUT2D eigenvalue weighted by molar-refractivity contribution is 5.99. The maximum Gasteiger partial charge on any atom is 0.256 e. The van der Waals surface area contributed by atoms with Gasteiger partial charge in [-0.15, -0.1) is 0 Å². The molecule has 0 aromatic heterocycles. The molecule has 0 saturated carbocycles. The fraction of sp³-hybridized carbons (Fsp3) is 0.500. The Morgan fingerprint density at radius 1 is 1.37 bits per heavy atom. The second-order valence-electron chi connectivity index (χ2n) is 4.92. The van der Waals surface area contributed by atoms with E-state index in [9.17, 15) is 4.79 Å². The Labute approximate surface area is 113 Å². The Hall–Kier alpha value is -1.75. The SMILES string of the molecule is COc1ccc(N)c(C(=O)N2C[C@@H](C)O[C@@H](C)C2)c1. The van der Waals surface area contributed by atoms with Gasteiger partial charge < -0.3 is 20.1 Å². The fourth-order valence-corrected chi connectivity index (χ4v) is 2.36. The molecule has 2 rings (SSSR count). The van der Waals surface area contributed by atoms with Crippen molar-refractivity contribution in [3.63, 3.8) is 0 Å². The number of ether oxygens (including phenoxy) is 2. The van der Waals surface area contributed by atoms with Crippen LogP contribution in [0.3, 0.4) is 0 Å². The molecule has 1 heterocycles. The van der Waals surface area contributed by atoms with Crippen LogP contribution in [-0.4, -0.2) is 43.2 Å². The molecule has 5 heteroatoms. The van der Waals surface area contributed by atoms with Crippen molar-refractivity contribution in [3.8, 4) is 5.75 Å². The number of rotatable bonds is 2. The van der Waals surface area contributed by atoms with Crippen LogP contribution in [0.25, 0.3) is 0 Å². The number of nitrogen functional groups attached to an aromatic ring is 1. The predicted molar refractivity (Wildman–Crippen MR) is 73.3 cm³/mol. The van der Waals surface area contributed by atoms with E-state index in [0.717, 1.165) is 0 Å². The molecule has 1 fully saturated rings. The summed E-state index contributed by atoms with van der Waals surface area (Å²) in [5.74, 6) is 0.560. The van der Waals surface area contributed by atoms with E-state index in [4.69, 9.17) is 15.2 Å². The molecule has 0 spiro atoms. The molecule has 0 unspecified atom stereocenters. The van der Waals surface area contributed by atoms with E-state index in [1.165, 1.54) is 0 Å². The fourth-order valence-electron chi connectivity index (χ4n) is 2.36. The summed E-state index contributed by atoms with van der Waals surface area (Å²) in [7, 11) is 1.57. The number of carbonyl (C=O) groups excluding carboxylic acids is 1. The first-order valence-corrected chi connectivity index (χ1v) is 6.39. The lowest BCUT2D eigenvalue weighted by atomic mass is 10.1. The predicted octanol–water partition coefficient (Wildman–Crippen LogP) is 1.53. The topological polar surface area (TPSA) is 64.8 Å². The zero-order valence-electron chi connectivity index (χ0n) is 11.6. The molecule has 1 aliphatic rings. The minimum Gasteiger partial charge on any atom is -0.497 e. The third-order valence-electron chi connectivity index (χ3n) is 3.20. The van der Waals surface area contributed by atoms with Crippen LogP contribution < -0.4 is 10.5 Å². The first-order chi connectivity index (χ1) is 9.01. The maximum absolute atomic E-state index is 12.5. The molecule has 1 amide bonds. The van der Waals surface area contributed by atoms with Crippen molar-refractivity contribution in [1.82, 2.24) is 4.90 Å². The number of benzene rings is 1. The molecule has 0 radical (unpaired) electrons. The Bertz CT molecular complexity index is 466. The molecule has 1 aliphatic heterocycles. The Balaban J connectivity index is 2.23. The number of amides is 1. The van der Waals surface area contributed by atoms with Crippen LogP contribution in [0, 0.1) is 0 Å². The van der Waals surface area contributed by atoms with Gasteiger partial charge in [0.15, 0.2) is 0 Å². The molecule has 2 N–H and O–H groups in total. The lowest BCUT2D eigenvalue weighted by molar-refractivity contribution is -0.0585. The van der Waals surface area contributed by atoms with Crippen LogP contribution in [0.1, 0.15) is 24.2 Å². The van der Waals surface area contributed by atoms with Crippen LogP contribution in [-0.2, 0) is 4.74 Å². The molecule has 19 heavy (non-hydrogen) atoms. The highest BCUT2D eigenvalue weighted by Gasteiger charge is 2.27. The van der Waals surface area contributed by atoms with Crippen molar-refractivity contribution >= 4 is 11.6 Å². The van der Waals surface area contributed by atoms with Crippen LogP contribution in [0.4, 0.5) is 5.69 Å². The summed E-state index contributed by atoms with van der Waals surface area (Å²) in [6, 6.07) is 5.12. The summed E-state index contributed by atoms with van der Waals surface area (Å²) in [4.78, 5) is 14.3. The van der Waals surface area contributed by atoms with Crippen LogP contribution in [0.5, 0.6) is 5.75 Å². The van der Waals surface area contributed by atoms with Gasteiger partial charge in [0, 0.05) is 18.8 Å². The number of hydrogen-bond acceptors (Lipinski definition) is 4. The first-order valence-electron chi connectivity index (χ1n) is 6.39. The van der Waals surface area contributed by atoms with Crippen molar-refractivity contribution in [2.45, 2.75) is 26.1 Å². The number of methoxy groups -OCH3 is 1. The van der Waals surface area contributed by atoms with Crippen LogP contribution >= 0.6 is 0 Å². The molecule has 1 aromatic carbocycles. The van der Waals surface area contributed by atoms with E-state index < -0.39 is 0 Å². The summed E-state index contributed by atoms with van der Waals surface area (Å²) >= 11 is 0. The normalized spacial score (nSPS) is 23.2. The molecular formula is C14H20N2O3. The highest BCUT2D eigenvalue weighted by Crippen LogP contribution is 2.22. The molecule has 2 atom stereocenters. The largest absolute Gasteiger partial charge is 0.497 e. The van der Waals surface area contributed by atoms with Gasteiger partial charge in [-0.3, -0.25) is 4.79 Å². The van der Waals surface area contributed by atoms with Gasteiger partial charge in [0.1, 0.15) is 5.75 Å². The molecule has 104 valence electrons. The van der Waals surface area contributed by atoms with Crippen molar-refractivity contribution < 1.29 is 14.3 Å². The third kappa shape index (κ3) is 2.98. The lowest BCUT2D eigenvalue weighted by Crippen LogP contribution is -2.48. The summed E-state index contributed by atoms with van der Waals surface area (Å²) in [6.07, 6.45) is 0.0825. The Kier molecular flexibility index (Phi) is 3.95. The van der Waals surface area contributed by atoms with Crippen molar-refractivity contribution in [3.05, 3.63) is 23.8 Å². The average molecular weight is 264 g/mol. The van der Waals surface area contributed by atoms with E-state index in [1.807, 2.05) is 13.8 Å². The molecule has 1 saturated heterocycles. The molecule has 5 nitrogen and oxygen atoms in total. The molecule has 0 bridgehead atoms. The van der Waals surface area contributed by atoms with E-state index >= 15 is 0 Å². The lowest BCUT2D eigenvalue weighted by Gasteiger charge is -2.35. The van der Waals surface area contributed by atoms with Gasteiger partial charge in [-0.25, -0.2) is 0 Å². The van der Waals surface area contributed by atoms with E-state index in [1.54, 1.807) is 30.2 Å². The molecular weight excluding hydrogens is 244 g/mol. The van der Waals surface area contributed by atoms with Gasteiger partial charge >= 0.3 is 0 Å². The minimum absolute atomic E-state index is 0.0412. The molecule has 1 aromatic rings. The standard InChI is InChI=1S/C14H20N2O3/c1-9-7-16(8-10(2)19-9)14(17)12-6-11(18-3)4-5-13(12)15/h4-6,9-10H,7-8,15H2,1-3H3/t9-,10+. The van der Waals surface area contributed by atoms with E-state index in [-0.39, 0.29) is 18.1 Å². The van der Waals surface area contributed by atoms with Gasteiger partial charge in [0.2, 0.25) is 0 Å². The third-order valence-corrected chi connectivity index (χ3v) is 3.20. The van der Waals surface area contributed by atoms with Crippen molar-refractivity contribution in [2.75, 3.05) is 25.9 Å². The number of hydrogen-bond donors (Lipinski definition) is 1. The average Bonchev–Trinajstić information content (AvgIpc) is 2.37. The Morgan fingerprint density at radius 2 is 2.00 bits per heavy atom. The van der Waals surface area contributed by atoms with Crippen LogP contribution in [0.15, 0.2) is 18.2 Å². The zero-order valence-corrected chi connectivity index (χ0v) is 11.6. The first kappa shape index (κ1) is 13.7. The summed E-state index contributed by atoms with van der Waals surface area (Å²) in [5.41, 5.74) is 6.84. The second kappa shape index (κ2) is 5.48. The smallest absolute Gasteiger partial charge is 0.256 e. The van der Waals surface area contributed by atoms with Gasteiger partial charge in [0.05, 0.1) is 24.9 Å². The molecule has 0 aliphatic carbocycles. The summed E-state index contributed by atoms with van der Waals surface area (Å²) in [6.45, 7) is 5.09. The van der Waals surface area contributed by atoms with Crippen molar-refractivity contribution in [1.29, 1.82) is 0 Å². The van der Waals surface area contributed by atoms with Crippen LogP contribution in [0.2, 0.25) is 0 Å². The summed E-state index contributed by atoms with van der Waals surface area (Å²) in [5, 5.41) is 0. The maximum atomic E-state index is 12.5.